The van der Waals surface area contributed by atoms with E-state index in [1.165, 1.54) is 11.3 Å². The maximum absolute atomic E-state index is 4.27. The minimum absolute atomic E-state index is 0.985. The van der Waals surface area contributed by atoms with Crippen molar-refractivity contribution in [3.8, 4) is 0 Å². The summed E-state index contributed by atoms with van der Waals surface area (Å²) in [6.45, 7) is 8.83. The van der Waals surface area contributed by atoms with Crippen molar-refractivity contribution in [2.45, 2.75) is 19.9 Å². The zero-order chi connectivity index (χ0) is 14.5. The number of aryl methyl sites for hydroxylation is 1. The summed E-state index contributed by atoms with van der Waals surface area (Å²) in [6, 6.07) is 10.8. The molecule has 1 aliphatic heterocycles. The molecule has 2 aromatic rings. The molecule has 1 fully saturated rings. The van der Waals surface area contributed by atoms with Gasteiger partial charge in [-0.05, 0) is 24.1 Å². The molecule has 3 rings (SSSR count). The van der Waals surface area contributed by atoms with Crippen LogP contribution in [0.1, 0.15) is 12.5 Å². The number of piperazine rings is 1. The van der Waals surface area contributed by atoms with Gasteiger partial charge in [0.25, 0.3) is 0 Å². The number of para-hydroxylation sites is 1. The van der Waals surface area contributed by atoms with Gasteiger partial charge in [0.2, 0.25) is 0 Å². The fourth-order valence-electron chi connectivity index (χ4n) is 3.01. The maximum Gasteiger partial charge on any atom is 0.0536 e. The Bertz CT molecular complexity index is 542. The average Bonchev–Trinajstić information content (AvgIpc) is 3.07. The summed E-state index contributed by atoms with van der Waals surface area (Å²) in [5, 5.41) is 4.27. The second-order valence-corrected chi connectivity index (χ2v) is 5.58. The van der Waals surface area contributed by atoms with Gasteiger partial charge in [0.1, 0.15) is 0 Å². The Morgan fingerprint density at radius 2 is 1.81 bits per heavy atom. The van der Waals surface area contributed by atoms with Crippen molar-refractivity contribution in [2.24, 2.45) is 0 Å². The number of nitrogens with zero attached hydrogens (tertiary/aromatic N) is 4. The molecule has 0 unspecified atom stereocenters. The monoisotopic (exact) mass is 284 g/mol. The molecule has 1 aromatic heterocycles. The van der Waals surface area contributed by atoms with E-state index < -0.39 is 0 Å². The van der Waals surface area contributed by atoms with Crippen molar-refractivity contribution < 1.29 is 0 Å². The molecule has 0 bridgehead atoms. The van der Waals surface area contributed by atoms with Crippen LogP contribution < -0.4 is 4.90 Å². The summed E-state index contributed by atoms with van der Waals surface area (Å²) in [5.41, 5.74) is 2.88. The first-order valence-electron chi connectivity index (χ1n) is 7.89. The first-order chi connectivity index (χ1) is 10.4. The van der Waals surface area contributed by atoms with Crippen molar-refractivity contribution in [3.63, 3.8) is 0 Å². The van der Waals surface area contributed by atoms with Crippen LogP contribution in [0, 0.1) is 0 Å². The minimum Gasteiger partial charge on any atom is -0.369 e. The predicted octanol–water partition coefficient (Wildman–Crippen LogP) is 2.27. The van der Waals surface area contributed by atoms with Crippen LogP contribution in [0.4, 0.5) is 5.69 Å². The van der Waals surface area contributed by atoms with Crippen molar-refractivity contribution in [1.29, 1.82) is 0 Å². The zero-order valence-electron chi connectivity index (χ0n) is 12.8. The van der Waals surface area contributed by atoms with Crippen molar-refractivity contribution in [2.75, 3.05) is 37.6 Å². The SMILES string of the molecule is CCc1ccccc1N1CCN(CCn2cccn2)CC1. The fraction of sp³-hybridized carbons (Fsp3) is 0.471. The van der Waals surface area contributed by atoms with Gasteiger partial charge in [0, 0.05) is 50.8 Å². The Labute approximate surface area is 127 Å². The van der Waals surface area contributed by atoms with E-state index in [-0.39, 0.29) is 0 Å². The van der Waals surface area contributed by atoms with Crippen LogP contribution in [0.3, 0.4) is 0 Å². The summed E-state index contributed by atoms with van der Waals surface area (Å²) < 4.78 is 2.01. The van der Waals surface area contributed by atoms with E-state index in [2.05, 4.69) is 46.1 Å². The Balaban J connectivity index is 1.53. The van der Waals surface area contributed by atoms with Crippen molar-refractivity contribution in [3.05, 3.63) is 48.3 Å². The van der Waals surface area contributed by atoms with Gasteiger partial charge in [-0.1, -0.05) is 25.1 Å². The fourth-order valence-corrected chi connectivity index (χ4v) is 3.01. The van der Waals surface area contributed by atoms with Gasteiger partial charge in [-0.25, -0.2) is 0 Å². The van der Waals surface area contributed by atoms with E-state index in [0.29, 0.717) is 0 Å². The third-order valence-electron chi connectivity index (χ3n) is 4.29. The van der Waals surface area contributed by atoms with Gasteiger partial charge in [0.15, 0.2) is 0 Å². The number of anilines is 1. The number of benzene rings is 1. The lowest BCUT2D eigenvalue weighted by atomic mass is 10.1. The molecule has 0 atom stereocenters. The molecule has 0 N–H and O–H groups in total. The van der Waals surface area contributed by atoms with E-state index in [4.69, 9.17) is 0 Å². The topological polar surface area (TPSA) is 24.3 Å². The summed E-state index contributed by atoms with van der Waals surface area (Å²) >= 11 is 0. The molecule has 0 radical (unpaired) electrons. The molecule has 1 aliphatic rings. The quantitative estimate of drug-likeness (QED) is 0.842. The smallest absolute Gasteiger partial charge is 0.0536 e. The number of aromatic nitrogens is 2. The van der Waals surface area contributed by atoms with Crippen LogP contribution in [0.15, 0.2) is 42.7 Å². The highest BCUT2D eigenvalue weighted by molar-refractivity contribution is 5.54. The molecular formula is C17H24N4. The first kappa shape index (κ1) is 14.1. The van der Waals surface area contributed by atoms with Crippen LogP contribution >= 0.6 is 0 Å². The second kappa shape index (κ2) is 6.76. The van der Waals surface area contributed by atoms with Gasteiger partial charge in [-0.3, -0.25) is 9.58 Å². The normalized spacial score (nSPS) is 16.3. The Morgan fingerprint density at radius 1 is 1.00 bits per heavy atom. The molecular weight excluding hydrogens is 260 g/mol. The van der Waals surface area contributed by atoms with Gasteiger partial charge in [-0.15, -0.1) is 0 Å². The largest absolute Gasteiger partial charge is 0.369 e. The zero-order valence-corrected chi connectivity index (χ0v) is 12.8. The van der Waals surface area contributed by atoms with E-state index in [1.807, 2.05) is 23.1 Å². The molecule has 0 spiro atoms. The highest BCUT2D eigenvalue weighted by atomic mass is 15.3. The Hall–Kier alpha value is -1.81. The van der Waals surface area contributed by atoms with E-state index in [9.17, 15) is 0 Å². The molecule has 4 nitrogen and oxygen atoms in total. The summed E-state index contributed by atoms with van der Waals surface area (Å²) in [6.07, 6.45) is 4.99. The van der Waals surface area contributed by atoms with Crippen LogP contribution in [0.2, 0.25) is 0 Å². The second-order valence-electron chi connectivity index (χ2n) is 5.58. The molecule has 21 heavy (non-hydrogen) atoms. The van der Waals surface area contributed by atoms with Crippen molar-refractivity contribution >= 4 is 5.69 Å². The third kappa shape index (κ3) is 3.45. The van der Waals surface area contributed by atoms with Gasteiger partial charge >= 0.3 is 0 Å². The van der Waals surface area contributed by atoms with E-state index >= 15 is 0 Å². The summed E-state index contributed by atoms with van der Waals surface area (Å²) in [7, 11) is 0. The summed E-state index contributed by atoms with van der Waals surface area (Å²) in [5.74, 6) is 0. The Kier molecular flexibility index (Phi) is 4.55. The maximum atomic E-state index is 4.27. The lowest BCUT2D eigenvalue weighted by Gasteiger charge is -2.37. The van der Waals surface area contributed by atoms with E-state index in [1.54, 1.807) is 0 Å². The first-order valence-corrected chi connectivity index (χ1v) is 7.89. The molecule has 0 amide bonds. The minimum atomic E-state index is 0.985. The molecule has 1 aromatic carbocycles. The third-order valence-corrected chi connectivity index (χ3v) is 4.29. The van der Waals surface area contributed by atoms with E-state index in [0.717, 1.165) is 45.7 Å². The molecule has 1 saturated heterocycles. The predicted molar refractivity (Wildman–Crippen MR) is 86.7 cm³/mol. The molecule has 4 heteroatoms. The lowest BCUT2D eigenvalue weighted by Crippen LogP contribution is -2.47. The molecule has 2 heterocycles. The van der Waals surface area contributed by atoms with Crippen LogP contribution in [0.5, 0.6) is 0 Å². The van der Waals surface area contributed by atoms with Gasteiger partial charge in [-0.2, -0.15) is 5.10 Å². The number of hydrogen-bond acceptors (Lipinski definition) is 3. The lowest BCUT2D eigenvalue weighted by molar-refractivity contribution is 0.244. The highest BCUT2D eigenvalue weighted by Crippen LogP contribution is 2.22. The van der Waals surface area contributed by atoms with Gasteiger partial charge in [0.05, 0.1) is 6.54 Å². The number of hydrogen-bond donors (Lipinski definition) is 0. The summed E-state index contributed by atoms with van der Waals surface area (Å²) in [4.78, 5) is 5.07. The standard InChI is InChI=1S/C17H24N4/c1-2-16-6-3-4-7-17(16)20-13-10-19(11-14-20)12-15-21-9-5-8-18-21/h3-9H,2,10-15H2,1H3. The molecule has 112 valence electrons. The van der Waals surface area contributed by atoms with Crippen molar-refractivity contribution in [1.82, 2.24) is 14.7 Å². The van der Waals surface area contributed by atoms with Crippen LogP contribution in [0.25, 0.3) is 0 Å². The van der Waals surface area contributed by atoms with Gasteiger partial charge < -0.3 is 4.90 Å². The Morgan fingerprint density at radius 3 is 2.52 bits per heavy atom. The molecule has 0 aliphatic carbocycles. The van der Waals surface area contributed by atoms with Crippen LogP contribution in [-0.2, 0) is 13.0 Å². The van der Waals surface area contributed by atoms with Crippen LogP contribution in [-0.4, -0.2) is 47.4 Å². The molecule has 0 saturated carbocycles. The highest BCUT2D eigenvalue weighted by Gasteiger charge is 2.18. The average molecular weight is 284 g/mol. The number of rotatable bonds is 5.